The molecule has 1 aliphatic rings. The van der Waals surface area contributed by atoms with Crippen LogP contribution in [-0.2, 0) is 14.9 Å². The van der Waals surface area contributed by atoms with Crippen molar-refractivity contribution < 1.29 is 27.8 Å². The van der Waals surface area contributed by atoms with Gasteiger partial charge in [0.1, 0.15) is 0 Å². The lowest BCUT2D eigenvalue weighted by Crippen LogP contribution is -2.52. The quantitative estimate of drug-likeness (QED) is 0.366. The Morgan fingerprint density at radius 3 is 2.20 bits per heavy atom. The molecule has 1 aliphatic heterocycles. The summed E-state index contributed by atoms with van der Waals surface area (Å²) in [7, 11) is -5.13. The van der Waals surface area contributed by atoms with Crippen molar-refractivity contribution >= 4 is 23.1 Å². The maximum absolute atomic E-state index is 11.9. The van der Waals surface area contributed by atoms with Gasteiger partial charge in [0.15, 0.2) is 0 Å². The molecule has 1 rings (SSSR count). The second-order valence-electron chi connectivity index (χ2n) is 5.16. The zero-order valence-electron chi connectivity index (χ0n) is 11.9. The standard InChI is InChI=1S/C9H19BN2O3.CH4O3S/c1-6(2)8(11)9(13)12-5-3-4-7(12)10(14)15;1-5(2,3)4/h6-8,14-15H,3-5,11H2,1-2H3;1H3,(H,2,3,4)/t7-,8-;/m1./s1. The van der Waals surface area contributed by atoms with Gasteiger partial charge in [-0.25, -0.2) is 0 Å². The van der Waals surface area contributed by atoms with Gasteiger partial charge in [0.2, 0.25) is 5.91 Å². The number of hydrogen-bond donors (Lipinski definition) is 4. The summed E-state index contributed by atoms with van der Waals surface area (Å²) in [4.78, 5) is 13.4. The minimum absolute atomic E-state index is 0.0644. The Bertz CT molecular complexity index is 406. The Labute approximate surface area is 119 Å². The van der Waals surface area contributed by atoms with Crippen molar-refractivity contribution in [1.82, 2.24) is 4.90 Å². The zero-order valence-corrected chi connectivity index (χ0v) is 12.7. The maximum atomic E-state index is 11.9. The minimum Gasteiger partial charge on any atom is -0.426 e. The molecular weight excluding hydrogens is 287 g/mol. The van der Waals surface area contributed by atoms with Crippen LogP contribution < -0.4 is 5.73 Å². The van der Waals surface area contributed by atoms with Crippen LogP contribution in [0.15, 0.2) is 0 Å². The molecule has 10 heteroatoms. The van der Waals surface area contributed by atoms with E-state index in [-0.39, 0.29) is 11.8 Å². The summed E-state index contributed by atoms with van der Waals surface area (Å²) in [6.07, 6.45) is 2.15. The van der Waals surface area contributed by atoms with Crippen LogP contribution in [0.1, 0.15) is 26.7 Å². The van der Waals surface area contributed by atoms with Gasteiger partial charge < -0.3 is 20.7 Å². The van der Waals surface area contributed by atoms with Gasteiger partial charge in [0.25, 0.3) is 10.1 Å². The second-order valence-corrected chi connectivity index (χ2v) is 6.62. The number of likely N-dealkylation sites (tertiary alicyclic amines) is 1. The average Bonchev–Trinajstić information content (AvgIpc) is 2.73. The number of nitrogens with zero attached hydrogens (tertiary/aromatic N) is 1. The minimum atomic E-state index is -3.67. The number of nitrogens with two attached hydrogens (primary N) is 1. The van der Waals surface area contributed by atoms with Gasteiger partial charge in [0, 0.05) is 6.54 Å². The first-order valence-corrected chi connectivity index (χ1v) is 8.14. The highest BCUT2D eigenvalue weighted by molar-refractivity contribution is 7.85. The molecule has 0 saturated carbocycles. The fraction of sp³-hybridized carbons (Fsp3) is 0.900. The number of carbonyl (C=O) groups excluding carboxylic acids is 1. The lowest BCUT2D eigenvalue weighted by molar-refractivity contribution is -0.133. The third-order valence-corrected chi connectivity index (χ3v) is 2.93. The molecule has 1 heterocycles. The van der Waals surface area contributed by atoms with Crippen LogP contribution >= 0.6 is 0 Å². The molecule has 0 aromatic rings. The lowest BCUT2D eigenvalue weighted by atomic mass is 9.77. The number of amides is 1. The molecule has 0 bridgehead atoms. The van der Waals surface area contributed by atoms with Crippen LogP contribution in [-0.4, -0.2) is 65.7 Å². The summed E-state index contributed by atoms with van der Waals surface area (Å²) in [5.74, 6) is -0.600. The molecule has 0 spiro atoms. The van der Waals surface area contributed by atoms with Crippen LogP contribution in [0, 0.1) is 5.92 Å². The summed E-state index contributed by atoms with van der Waals surface area (Å²) in [6.45, 7) is 4.33. The van der Waals surface area contributed by atoms with Gasteiger partial charge >= 0.3 is 7.12 Å². The van der Waals surface area contributed by atoms with Crippen molar-refractivity contribution in [2.75, 3.05) is 12.8 Å². The van der Waals surface area contributed by atoms with Crippen molar-refractivity contribution in [2.24, 2.45) is 11.7 Å². The van der Waals surface area contributed by atoms with Crippen LogP contribution in [0.25, 0.3) is 0 Å². The zero-order chi connectivity index (χ0) is 16.1. The third-order valence-electron chi connectivity index (χ3n) is 2.93. The van der Waals surface area contributed by atoms with E-state index in [9.17, 15) is 13.2 Å². The predicted molar refractivity (Wildman–Crippen MR) is 75.2 cm³/mol. The number of carbonyl (C=O) groups is 1. The van der Waals surface area contributed by atoms with Gasteiger partial charge in [-0.2, -0.15) is 8.42 Å². The molecular formula is C10H23BN2O6S. The summed E-state index contributed by atoms with van der Waals surface area (Å²) < 4.78 is 25.9. The van der Waals surface area contributed by atoms with E-state index in [2.05, 4.69) is 0 Å². The van der Waals surface area contributed by atoms with Gasteiger partial charge in [-0.3, -0.25) is 9.35 Å². The molecule has 1 saturated heterocycles. The smallest absolute Gasteiger partial charge is 0.426 e. The van der Waals surface area contributed by atoms with Gasteiger partial charge in [-0.05, 0) is 18.8 Å². The fourth-order valence-corrected chi connectivity index (χ4v) is 1.85. The van der Waals surface area contributed by atoms with Crippen molar-refractivity contribution in [3.05, 3.63) is 0 Å². The Kier molecular flexibility index (Phi) is 7.67. The van der Waals surface area contributed by atoms with Crippen LogP contribution in [0.4, 0.5) is 0 Å². The van der Waals surface area contributed by atoms with E-state index in [4.69, 9.17) is 20.3 Å². The second kappa shape index (κ2) is 7.94. The molecule has 0 aliphatic carbocycles. The summed E-state index contributed by atoms with van der Waals surface area (Å²) in [5, 5.41) is 18.2. The molecule has 118 valence electrons. The van der Waals surface area contributed by atoms with E-state index >= 15 is 0 Å². The number of hydrogen-bond acceptors (Lipinski definition) is 6. The largest absolute Gasteiger partial charge is 0.475 e. The molecule has 0 aromatic heterocycles. The SMILES string of the molecule is CC(C)[C@@H](N)C(=O)N1CCC[C@@H]1B(O)O.CS(=O)(=O)O. The van der Waals surface area contributed by atoms with Gasteiger partial charge in [-0.15, -0.1) is 0 Å². The normalized spacial score (nSPS) is 20.4. The van der Waals surface area contributed by atoms with E-state index in [1.807, 2.05) is 13.8 Å². The van der Waals surface area contributed by atoms with E-state index < -0.39 is 29.2 Å². The van der Waals surface area contributed by atoms with Gasteiger partial charge in [0.05, 0.1) is 18.2 Å². The molecule has 0 radical (unpaired) electrons. The fourth-order valence-electron chi connectivity index (χ4n) is 1.85. The molecule has 0 unspecified atom stereocenters. The Morgan fingerprint density at radius 1 is 1.40 bits per heavy atom. The molecule has 2 atom stereocenters. The molecule has 1 amide bonds. The van der Waals surface area contributed by atoms with Crippen LogP contribution in [0.2, 0.25) is 0 Å². The molecule has 20 heavy (non-hydrogen) atoms. The molecule has 5 N–H and O–H groups in total. The first-order valence-electron chi connectivity index (χ1n) is 6.29. The summed E-state index contributed by atoms with van der Waals surface area (Å²) in [5.41, 5.74) is 5.75. The van der Waals surface area contributed by atoms with E-state index in [0.717, 1.165) is 6.42 Å². The third kappa shape index (κ3) is 7.20. The predicted octanol–water partition coefficient (Wildman–Crippen LogP) is -1.52. The summed E-state index contributed by atoms with van der Waals surface area (Å²) in [6, 6.07) is -0.552. The summed E-state index contributed by atoms with van der Waals surface area (Å²) >= 11 is 0. The van der Waals surface area contributed by atoms with Crippen LogP contribution in [0.3, 0.4) is 0 Å². The van der Waals surface area contributed by atoms with E-state index in [1.165, 1.54) is 4.90 Å². The van der Waals surface area contributed by atoms with Crippen molar-refractivity contribution in [1.29, 1.82) is 0 Å². The van der Waals surface area contributed by atoms with Gasteiger partial charge in [-0.1, -0.05) is 13.8 Å². The number of rotatable bonds is 3. The highest BCUT2D eigenvalue weighted by Crippen LogP contribution is 2.19. The highest BCUT2D eigenvalue weighted by atomic mass is 32.2. The molecule has 8 nitrogen and oxygen atoms in total. The highest BCUT2D eigenvalue weighted by Gasteiger charge is 2.38. The lowest BCUT2D eigenvalue weighted by Gasteiger charge is -2.28. The monoisotopic (exact) mass is 310 g/mol. The van der Waals surface area contributed by atoms with Crippen molar-refractivity contribution in [3.63, 3.8) is 0 Å². The average molecular weight is 310 g/mol. The van der Waals surface area contributed by atoms with E-state index in [0.29, 0.717) is 19.2 Å². The molecule has 0 aromatic carbocycles. The van der Waals surface area contributed by atoms with Crippen LogP contribution in [0.5, 0.6) is 0 Å². The Morgan fingerprint density at radius 2 is 1.85 bits per heavy atom. The van der Waals surface area contributed by atoms with Crippen molar-refractivity contribution in [2.45, 2.75) is 38.7 Å². The Hall–Kier alpha value is -0.675. The first-order chi connectivity index (χ1) is 8.95. The van der Waals surface area contributed by atoms with E-state index in [1.54, 1.807) is 0 Å². The Balaban J connectivity index is 0.000000621. The first kappa shape index (κ1) is 19.3. The van der Waals surface area contributed by atoms with Crippen molar-refractivity contribution in [3.8, 4) is 0 Å². The maximum Gasteiger partial charge on any atom is 0.475 e. The topological polar surface area (TPSA) is 141 Å². The molecule has 1 fully saturated rings.